The van der Waals surface area contributed by atoms with Gasteiger partial charge in [-0.05, 0) is 19.4 Å². The van der Waals surface area contributed by atoms with Crippen LogP contribution in [0.2, 0.25) is 0 Å². The molecule has 1 aromatic heterocycles. The van der Waals surface area contributed by atoms with E-state index in [0.717, 1.165) is 19.4 Å². The van der Waals surface area contributed by atoms with Crippen LogP contribution >= 0.6 is 0 Å². The number of aryl methyl sites for hydroxylation is 1. The lowest BCUT2D eigenvalue weighted by molar-refractivity contribution is 0.602. The molecule has 0 saturated carbocycles. The van der Waals surface area contributed by atoms with Crippen LogP contribution in [0.25, 0.3) is 0 Å². The fourth-order valence-electron chi connectivity index (χ4n) is 1.41. The summed E-state index contributed by atoms with van der Waals surface area (Å²) in [7, 11) is 0. The van der Waals surface area contributed by atoms with Crippen molar-refractivity contribution in [2.24, 2.45) is 5.73 Å². The van der Waals surface area contributed by atoms with Gasteiger partial charge in [0.25, 0.3) is 5.56 Å². The van der Waals surface area contributed by atoms with Crippen LogP contribution in [0.3, 0.4) is 0 Å². The number of rotatable bonds is 4. The zero-order valence-electron chi connectivity index (χ0n) is 8.86. The van der Waals surface area contributed by atoms with E-state index < -0.39 is 0 Å². The Morgan fingerprint density at radius 1 is 1.57 bits per heavy atom. The van der Waals surface area contributed by atoms with Crippen LogP contribution in [-0.2, 0) is 6.54 Å². The molecule has 0 fully saturated rings. The highest BCUT2D eigenvalue weighted by molar-refractivity contribution is 5.13. The summed E-state index contributed by atoms with van der Waals surface area (Å²) in [4.78, 5) is 11.8. The van der Waals surface area contributed by atoms with Gasteiger partial charge in [-0.15, -0.1) is 0 Å². The number of nitrogens with zero attached hydrogens (tertiary/aromatic N) is 1. The number of hydrogen-bond donors (Lipinski definition) is 1. The molecule has 0 spiro atoms. The molecule has 3 nitrogen and oxygen atoms in total. The molecule has 78 valence electrons. The summed E-state index contributed by atoms with van der Waals surface area (Å²) in [5, 5.41) is 0. The second-order valence-electron chi connectivity index (χ2n) is 3.60. The molecule has 0 aliphatic carbocycles. The third kappa shape index (κ3) is 2.45. The highest BCUT2D eigenvalue weighted by atomic mass is 16.1. The van der Waals surface area contributed by atoms with Crippen LogP contribution in [0.1, 0.15) is 38.3 Å². The van der Waals surface area contributed by atoms with Crippen molar-refractivity contribution in [1.29, 1.82) is 0 Å². The fraction of sp³-hybridized carbons (Fsp3) is 0.545. The predicted octanol–water partition coefficient (Wildman–Crippen LogP) is 1.67. The predicted molar refractivity (Wildman–Crippen MR) is 58.2 cm³/mol. The molecule has 0 amide bonds. The molecule has 0 aromatic carbocycles. The summed E-state index contributed by atoms with van der Waals surface area (Å²) in [6, 6.07) is 3.50. The first-order valence-corrected chi connectivity index (χ1v) is 5.11. The summed E-state index contributed by atoms with van der Waals surface area (Å²) in [6.07, 6.45) is 3.95. The number of aromatic nitrogens is 1. The van der Waals surface area contributed by atoms with E-state index >= 15 is 0 Å². The van der Waals surface area contributed by atoms with Crippen molar-refractivity contribution in [2.75, 3.05) is 0 Å². The van der Waals surface area contributed by atoms with Crippen molar-refractivity contribution < 1.29 is 0 Å². The van der Waals surface area contributed by atoms with Crippen LogP contribution in [-0.4, -0.2) is 4.57 Å². The topological polar surface area (TPSA) is 48.0 Å². The Hall–Kier alpha value is -1.09. The minimum atomic E-state index is -0.184. The first kappa shape index (κ1) is 11.0. The normalized spacial score (nSPS) is 12.8. The van der Waals surface area contributed by atoms with Gasteiger partial charge in [-0.3, -0.25) is 4.79 Å². The van der Waals surface area contributed by atoms with E-state index in [9.17, 15) is 4.79 Å². The lowest BCUT2D eigenvalue weighted by Gasteiger charge is -2.09. The molecule has 0 aliphatic heterocycles. The molecule has 2 N–H and O–H groups in total. The maximum Gasteiger partial charge on any atom is 0.255 e. The molecule has 1 unspecified atom stereocenters. The van der Waals surface area contributed by atoms with E-state index in [-0.39, 0.29) is 11.6 Å². The second-order valence-corrected chi connectivity index (χ2v) is 3.60. The molecule has 14 heavy (non-hydrogen) atoms. The second kappa shape index (κ2) is 4.96. The van der Waals surface area contributed by atoms with Crippen molar-refractivity contribution in [3.05, 3.63) is 34.2 Å². The van der Waals surface area contributed by atoms with E-state index in [0.29, 0.717) is 5.56 Å². The Balaban J connectivity index is 2.96. The molecule has 0 radical (unpaired) electrons. The molecule has 1 aromatic rings. The van der Waals surface area contributed by atoms with Gasteiger partial charge < -0.3 is 10.3 Å². The number of pyridine rings is 1. The Kier molecular flexibility index (Phi) is 3.89. The first-order valence-electron chi connectivity index (χ1n) is 5.11. The van der Waals surface area contributed by atoms with E-state index in [1.165, 1.54) is 0 Å². The van der Waals surface area contributed by atoms with Crippen molar-refractivity contribution in [3.63, 3.8) is 0 Å². The smallest absolute Gasteiger partial charge is 0.255 e. The van der Waals surface area contributed by atoms with Crippen molar-refractivity contribution in [1.82, 2.24) is 4.57 Å². The number of nitrogens with two attached hydrogens (primary N) is 1. The van der Waals surface area contributed by atoms with Crippen LogP contribution < -0.4 is 11.3 Å². The molecule has 0 saturated heterocycles. The van der Waals surface area contributed by atoms with Crippen LogP contribution in [0.4, 0.5) is 0 Å². The summed E-state index contributed by atoms with van der Waals surface area (Å²) in [5.74, 6) is 0. The molecular formula is C11H18N2O. The van der Waals surface area contributed by atoms with Gasteiger partial charge in [0.05, 0.1) is 0 Å². The molecule has 1 rings (SSSR count). The van der Waals surface area contributed by atoms with E-state index in [1.54, 1.807) is 10.6 Å². The van der Waals surface area contributed by atoms with Gasteiger partial charge in [0, 0.05) is 24.3 Å². The van der Waals surface area contributed by atoms with Crippen molar-refractivity contribution in [3.8, 4) is 0 Å². The Labute approximate surface area is 84.6 Å². The maximum atomic E-state index is 11.8. The minimum absolute atomic E-state index is 0.0518. The van der Waals surface area contributed by atoms with Gasteiger partial charge in [-0.2, -0.15) is 0 Å². The summed E-state index contributed by atoms with van der Waals surface area (Å²) in [6.45, 7) is 4.73. The van der Waals surface area contributed by atoms with Gasteiger partial charge >= 0.3 is 0 Å². The standard InChI is InChI=1S/C11H18N2O/c1-3-4-7-13-8-5-6-10(9(2)12)11(13)14/h5-6,8-9H,3-4,7,12H2,1-2H3. The Bertz CT molecular complexity index is 341. The highest BCUT2D eigenvalue weighted by Crippen LogP contribution is 2.02. The van der Waals surface area contributed by atoms with Gasteiger partial charge in [0.2, 0.25) is 0 Å². The Morgan fingerprint density at radius 3 is 2.86 bits per heavy atom. The van der Waals surface area contributed by atoms with Crippen molar-refractivity contribution >= 4 is 0 Å². The molecule has 0 aliphatic rings. The average Bonchev–Trinajstić information content (AvgIpc) is 2.16. The molecule has 1 atom stereocenters. The maximum absolute atomic E-state index is 11.8. The molecular weight excluding hydrogens is 176 g/mol. The largest absolute Gasteiger partial charge is 0.324 e. The minimum Gasteiger partial charge on any atom is -0.324 e. The zero-order chi connectivity index (χ0) is 10.6. The first-order chi connectivity index (χ1) is 6.66. The van der Waals surface area contributed by atoms with E-state index in [2.05, 4.69) is 6.92 Å². The fourth-order valence-corrected chi connectivity index (χ4v) is 1.41. The summed E-state index contributed by atoms with van der Waals surface area (Å²) < 4.78 is 1.74. The van der Waals surface area contributed by atoms with Crippen LogP contribution in [0.15, 0.2) is 23.1 Å². The zero-order valence-corrected chi connectivity index (χ0v) is 8.86. The number of unbranched alkanes of at least 4 members (excludes halogenated alkanes) is 1. The lowest BCUT2D eigenvalue weighted by atomic mass is 10.1. The van der Waals surface area contributed by atoms with Crippen LogP contribution in [0.5, 0.6) is 0 Å². The van der Waals surface area contributed by atoms with Gasteiger partial charge in [-0.25, -0.2) is 0 Å². The van der Waals surface area contributed by atoms with Gasteiger partial charge in [0.15, 0.2) is 0 Å². The van der Waals surface area contributed by atoms with E-state index in [1.807, 2.05) is 19.2 Å². The van der Waals surface area contributed by atoms with Gasteiger partial charge in [0.1, 0.15) is 0 Å². The van der Waals surface area contributed by atoms with Crippen LogP contribution in [0, 0.1) is 0 Å². The molecule has 1 heterocycles. The number of hydrogen-bond acceptors (Lipinski definition) is 2. The van der Waals surface area contributed by atoms with Gasteiger partial charge in [-0.1, -0.05) is 19.4 Å². The third-order valence-electron chi connectivity index (χ3n) is 2.29. The molecule has 3 heteroatoms. The Morgan fingerprint density at radius 2 is 2.29 bits per heavy atom. The summed E-state index contributed by atoms with van der Waals surface area (Å²) >= 11 is 0. The SMILES string of the molecule is CCCCn1cccc(C(C)N)c1=O. The lowest BCUT2D eigenvalue weighted by Crippen LogP contribution is -2.26. The average molecular weight is 194 g/mol. The van der Waals surface area contributed by atoms with Crippen molar-refractivity contribution in [2.45, 2.75) is 39.3 Å². The van der Waals surface area contributed by atoms with E-state index in [4.69, 9.17) is 5.73 Å². The third-order valence-corrected chi connectivity index (χ3v) is 2.29. The monoisotopic (exact) mass is 194 g/mol. The molecule has 0 bridgehead atoms. The summed E-state index contributed by atoms with van der Waals surface area (Å²) in [5.41, 5.74) is 6.45. The highest BCUT2D eigenvalue weighted by Gasteiger charge is 2.06. The quantitative estimate of drug-likeness (QED) is 0.792.